The molecule has 0 spiro atoms. The van der Waals surface area contributed by atoms with E-state index in [4.69, 9.17) is 4.74 Å². The maximum absolute atomic E-state index is 5.28. The van der Waals surface area contributed by atoms with Gasteiger partial charge in [-0.1, -0.05) is 30.3 Å². The Morgan fingerprint density at radius 1 is 1.00 bits per heavy atom. The van der Waals surface area contributed by atoms with Gasteiger partial charge in [-0.05, 0) is 24.6 Å². The normalized spacial score (nSPS) is 11.2. The standard InChI is InChI=1S/C19H16N2O/c1-12-18(13-6-4-3-5-7-13)16-11-20-17-10-14(22-2)8-9-15(17)19(16)21-12/h3-11,21H,1-2H3. The fourth-order valence-electron chi connectivity index (χ4n) is 3.05. The molecule has 2 heterocycles. The Balaban J connectivity index is 2.05. The van der Waals surface area contributed by atoms with Crippen LogP contribution < -0.4 is 4.74 Å². The van der Waals surface area contributed by atoms with Crippen molar-refractivity contribution in [1.82, 2.24) is 9.97 Å². The largest absolute Gasteiger partial charge is 0.497 e. The van der Waals surface area contributed by atoms with Gasteiger partial charge in [0.25, 0.3) is 0 Å². The van der Waals surface area contributed by atoms with Gasteiger partial charge >= 0.3 is 0 Å². The predicted octanol–water partition coefficient (Wildman–Crippen LogP) is 4.70. The lowest BCUT2D eigenvalue weighted by atomic mass is 10.0. The van der Waals surface area contributed by atoms with Crippen molar-refractivity contribution in [2.45, 2.75) is 6.92 Å². The number of nitrogens with one attached hydrogen (secondary N) is 1. The first-order valence-corrected chi connectivity index (χ1v) is 7.28. The molecule has 0 fully saturated rings. The number of pyridine rings is 1. The molecule has 2 aromatic carbocycles. The summed E-state index contributed by atoms with van der Waals surface area (Å²) in [5.74, 6) is 0.825. The molecule has 0 saturated heterocycles. The van der Waals surface area contributed by atoms with Crippen molar-refractivity contribution in [3.63, 3.8) is 0 Å². The second-order valence-corrected chi connectivity index (χ2v) is 5.42. The Morgan fingerprint density at radius 3 is 2.59 bits per heavy atom. The van der Waals surface area contributed by atoms with Gasteiger partial charge in [0.1, 0.15) is 5.75 Å². The Bertz CT molecular complexity index is 971. The quantitative estimate of drug-likeness (QED) is 0.580. The van der Waals surface area contributed by atoms with Crippen LogP contribution in [0, 0.1) is 6.92 Å². The number of fused-ring (bicyclic) bond motifs is 3. The molecular weight excluding hydrogens is 272 g/mol. The summed E-state index contributed by atoms with van der Waals surface area (Å²) in [5, 5.41) is 2.27. The van der Waals surface area contributed by atoms with Gasteiger partial charge < -0.3 is 9.72 Å². The van der Waals surface area contributed by atoms with Crippen LogP contribution in [0.5, 0.6) is 5.75 Å². The molecule has 3 heteroatoms. The lowest BCUT2D eigenvalue weighted by Gasteiger charge is -2.04. The number of hydrogen-bond donors (Lipinski definition) is 1. The van der Waals surface area contributed by atoms with Crippen LogP contribution >= 0.6 is 0 Å². The van der Waals surface area contributed by atoms with Gasteiger partial charge in [0.2, 0.25) is 0 Å². The van der Waals surface area contributed by atoms with Crippen molar-refractivity contribution in [1.29, 1.82) is 0 Å². The minimum atomic E-state index is 0.825. The van der Waals surface area contributed by atoms with Crippen LogP contribution in [-0.2, 0) is 0 Å². The van der Waals surface area contributed by atoms with E-state index in [1.165, 1.54) is 11.1 Å². The van der Waals surface area contributed by atoms with Crippen LogP contribution in [0.25, 0.3) is 32.9 Å². The predicted molar refractivity (Wildman–Crippen MR) is 90.3 cm³/mol. The molecule has 22 heavy (non-hydrogen) atoms. The number of H-pyrrole nitrogens is 1. The zero-order valence-corrected chi connectivity index (χ0v) is 12.6. The number of aryl methyl sites for hydroxylation is 1. The smallest absolute Gasteiger partial charge is 0.121 e. The number of hydrogen-bond acceptors (Lipinski definition) is 2. The van der Waals surface area contributed by atoms with Gasteiger partial charge in [0.15, 0.2) is 0 Å². The molecule has 0 saturated carbocycles. The van der Waals surface area contributed by atoms with Crippen molar-refractivity contribution in [2.24, 2.45) is 0 Å². The van der Waals surface area contributed by atoms with E-state index in [2.05, 4.69) is 47.2 Å². The first-order chi connectivity index (χ1) is 10.8. The first-order valence-electron chi connectivity index (χ1n) is 7.28. The van der Waals surface area contributed by atoms with Crippen molar-refractivity contribution >= 4 is 21.8 Å². The highest BCUT2D eigenvalue weighted by Crippen LogP contribution is 2.35. The van der Waals surface area contributed by atoms with E-state index in [-0.39, 0.29) is 0 Å². The van der Waals surface area contributed by atoms with E-state index in [9.17, 15) is 0 Å². The molecular formula is C19H16N2O. The van der Waals surface area contributed by atoms with Crippen LogP contribution in [0.4, 0.5) is 0 Å². The minimum Gasteiger partial charge on any atom is -0.497 e. The summed E-state index contributed by atoms with van der Waals surface area (Å²) in [6.45, 7) is 2.11. The lowest BCUT2D eigenvalue weighted by Crippen LogP contribution is -1.85. The Kier molecular flexibility index (Phi) is 2.86. The molecule has 3 nitrogen and oxygen atoms in total. The van der Waals surface area contributed by atoms with E-state index in [0.717, 1.165) is 33.2 Å². The third-order valence-electron chi connectivity index (χ3n) is 4.10. The summed E-state index contributed by atoms with van der Waals surface area (Å²) >= 11 is 0. The van der Waals surface area contributed by atoms with E-state index in [0.29, 0.717) is 0 Å². The topological polar surface area (TPSA) is 37.9 Å². The molecule has 1 N–H and O–H groups in total. The Labute approximate surface area is 128 Å². The minimum absolute atomic E-state index is 0.825. The van der Waals surface area contributed by atoms with Gasteiger partial charge in [0.05, 0.1) is 18.1 Å². The van der Waals surface area contributed by atoms with Crippen molar-refractivity contribution in [3.8, 4) is 16.9 Å². The van der Waals surface area contributed by atoms with E-state index >= 15 is 0 Å². The van der Waals surface area contributed by atoms with E-state index < -0.39 is 0 Å². The van der Waals surface area contributed by atoms with Gasteiger partial charge in [-0.2, -0.15) is 0 Å². The highest BCUT2D eigenvalue weighted by Gasteiger charge is 2.13. The monoisotopic (exact) mass is 288 g/mol. The highest BCUT2D eigenvalue weighted by atomic mass is 16.5. The average Bonchev–Trinajstić information content (AvgIpc) is 2.91. The zero-order valence-electron chi connectivity index (χ0n) is 12.6. The third kappa shape index (κ3) is 1.86. The number of methoxy groups -OCH3 is 1. The summed E-state index contributed by atoms with van der Waals surface area (Å²) in [6.07, 6.45) is 1.95. The summed E-state index contributed by atoms with van der Waals surface area (Å²) in [4.78, 5) is 8.14. The van der Waals surface area contributed by atoms with Crippen molar-refractivity contribution in [3.05, 3.63) is 60.4 Å². The van der Waals surface area contributed by atoms with Crippen molar-refractivity contribution in [2.75, 3.05) is 7.11 Å². The average molecular weight is 288 g/mol. The zero-order chi connectivity index (χ0) is 15.1. The molecule has 0 aliphatic carbocycles. The molecule has 4 rings (SSSR count). The fraction of sp³-hybridized carbons (Fsp3) is 0.105. The number of nitrogens with zero attached hydrogens (tertiary/aromatic N) is 1. The summed E-state index contributed by atoms with van der Waals surface area (Å²) in [6, 6.07) is 16.4. The molecule has 0 bridgehead atoms. The molecule has 0 unspecified atom stereocenters. The second-order valence-electron chi connectivity index (χ2n) is 5.42. The lowest BCUT2D eigenvalue weighted by molar-refractivity contribution is 0.415. The van der Waals surface area contributed by atoms with Gasteiger partial charge in [-0.25, -0.2) is 0 Å². The van der Waals surface area contributed by atoms with Crippen LogP contribution in [-0.4, -0.2) is 17.1 Å². The highest BCUT2D eigenvalue weighted by molar-refractivity contribution is 6.10. The summed E-state index contributed by atoms with van der Waals surface area (Å²) in [7, 11) is 1.67. The van der Waals surface area contributed by atoms with Crippen molar-refractivity contribution < 1.29 is 4.74 Å². The molecule has 108 valence electrons. The van der Waals surface area contributed by atoms with Crippen LogP contribution in [0.3, 0.4) is 0 Å². The first kappa shape index (κ1) is 12.9. The molecule has 0 aliphatic rings. The molecule has 0 aliphatic heterocycles. The number of aromatic nitrogens is 2. The van der Waals surface area contributed by atoms with Gasteiger partial charge in [0, 0.05) is 34.3 Å². The second kappa shape index (κ2) is 4.88. The summed E-state index contributed by atoms with van der Waals surface area (Å²) < 4.78 is 5.28. The van der Waals surface area contributed by atoms with E-state index in [1.807, 2.05) is 24.4 Å². The Hall–Kier alpha value is -2.81. The SMILES string of the molecule is COc1ccc2c(c1)ncc1c(-c3ccccc3)c(C)[nH]c12. The maximum atomic E-state index is 5.28. The Morgan fingerprint density at radius 2 is 1.82 bits per heavy atom. The molecule has 0 radical (unpaired) electrons. The molecule has 2 aromatic heterocycles. The molecule has 0 amide bonds. The number of aromatic amines is 1. The van der Waals surface area contributed by atoms with Crippen LogP contribution in [0.2, 0.25) is 0 Å². The number of ether oxygens (including phenoxy) is 1. The van der Waals surface area contributed by atoms with E-state index in [1.54, 1.807) is 7.11 Å². The molecule has 4 aromatic rings. The number of rotatable bonds is 2. The van der Waals surface area contributed by atoms with Crippen LogP contribution in [0.15, 0.2) is 54.7 Å². The summed E-state index contributed by atoms with van der Waals surface area (Å²) in [5.41, 5.74) is 5.66. The van der Waals surface area contributed by atoms with Gasteiger partial charge in [-0.3, -0.25) is 4.98 Å². The number of benzene rings is 2. The molecule has 0 atom stereocenters. The maximum Gasteiger partial charge on any atom is 0.121 e. The van der Waals surface area contributed by atoms with Crippen LogP contribution in [0.1, 0.15) is 5.69 Å². The third-order valence-corrected chi connectivity index (χ3v) is 4.10. The van der Waals surface area contributed by atoms with Gasteiger partial charge in [-0.15, -0.1) is 0 Å². The fourth-order valence-corrected chi connectivity index (χ4v) is 3.05.